The molecule has 3 nitrogen and oxygen atoms in total. The highest BCUT2D eigenvalue weighted by Gasteiger charge is 2.24. The van der Waals surface area contributed by atoms with Crippen molar-refractivity contribution in [3.05, 3.63) is 35.6 Å². The minimum Gasteiger partial charge on any atom is -0.383 e. The van der Waals surface area contributed by atoms with Crippen LogP contribution in [0.25, 0.3) is 0 Å². The van der Waals surface area contributed by atoms with E-state index in [1.807, 2.05) is 13.0 Å². The Labute approximate surface area is 121 Å². The molecule has 0 aromatic heterocycles. The minimum absolute atomic E-state index is 0.00301. The molecule has 0 aliphatic heterocycles. The molecular formula is C16H27FN2O. The maximum Gasteiger partial charge on any atom is 0.123 e. The average Bonchev–Trinajstić information content (AvgIpc) is 2.35. The quantitative estimate of drug-likeness (QED) is 0.797. The van der Waals surface area contributed by atoms with Gasteiger partial charge in [0.05, 0.1) is 6.61 Å². The maximum absolute atomic E-state index is 13.5. The Hall–Kier alpha value is -0.970. The third-order valence-corrected chi connectivity index (χ3v) is 3.26. The molecule has 0 fully saturated rings. The highest BCUT2D eigenvalue weighted by Crippen LogP contribution is 2.25. The van der Waals surface area contributed by atoms with Gasteiger partial charge in [0.15, 0.2) is 0 Å². The fourth-order valence-corrected chi connectivity index (χ4v) is 2.56. The Bertz CT molecular complexity index is 396. The van der Waals surface area contributed by atoms with Crippen LogP contribution in [0.15, 0.2) is 24.3 Å². The second-order valence-electron chi connectivity index (χ2n) is 5.74. The van der Waals surface area contributed by atoms with Gasteiger partial charge in [-0.2, -0.15) is 0 Å². The predicted molar refractivity (Wildman–Crippen MR) is 81.1 cm³/mol. The van der Waals surface area contributed by atoms with Crippen LogP contribution in [0.5, 0.6) is 0 Å². The zero-order valence-corrected chi connectivity index (χ0v) is 13.0. The highest BCUT2D eigenvalue weighted by molar-refractivity contribution is 5.21. The summed E-state index contributed by atoms with van der Waals surface area (Å²) in [5.41, 5.74) is 7.09. The summed E-state index contributed by atoms with van der Waals surface area (Å²) in [4.78, 5) is 2.29. The molecule has 0 spiro atoms. The molecule has 1 rings (SSSR count). The van der Waals surface area contributed by atoms with Crippen molar-refractivity contribution >= 4 is 0 Å². The van der Waals surface area contributed by atoms with Gasteiger partial charge in [0.1, 0.15) is 5.82 Å². The van der Waals surface area contributed by atoms with Crippen molar-refractivity contribution in [3.63, 3.8) is 0 Å². The molecule has 2 N–H and O–H groups in total. The number of hydrogen-bond acceptors (Lipinski definition) is 3. The normalized spacial score (nSPS) is 14.8. The molecule has 1 aromatic rings. The molecule has 0 aliphatic rings. The molecule has 2 unspecified atom stereocenters. The smallest absolute Gasteiger partial charge is 0.123 e. The lowest BCUT2D eigenvalue weighted by Crippen LogP contribution is -2.42. The third-order valence-electron chi connectivity index (χ3n) is 3.26. The van der Waals surface area contributed by atoms with Crippen LogP contribution in [0.3, 0.4) is 0 Å². The molecule has 0 saturated carbocycles. The van der Waals surface area contributed by atoms with Crippen molar-refractivity contribution in [2.24, 2.45) is 11.7 Å². The Morgan fingerprint density at radius 2 is 2.00 bits per heavy atom. The number of nitrogens with zero attached hydrogens (tertiary/aromatic N) is 1. The number of rotatable bonds is 8. The first-order chi connectivity index (χ1) is 9.45. The van der Waals surface area contributed by atoms with E-state index in [4.69, 9.17) is 10.5 Å². The Morgan fingerprint density at radius 3 is 2.50 bits per heavy atom. The molecule has 0 amide bonds. The van der Waals surface area contributed by atoms with E-state index in [-0.39, 0.29) is 17.9 Å². The summed E-state index contributed by atoms with van der Waals surface area (Å²) >= 11 is 0. The summed E-state index contributed by atoms with van der Waals surface area (Å²) in [5, 5.41) is 0. The molecule has 0 aliphatic carbocycles. The van der Waals surface area contributed by atoms with Crippen molar-refractivity contribution in [3.8, 4) is 0 Å². The maximum atomic E-state index is 13.5. The second-order valence-corrected chi connectivity index (χ2v) is 5.74. The molecule has 0 radical (unpaired) electrons. The van der Waals surface area contributed by atoms with Crippen LogP contribution in [-0.2, 0) is 4.74 Å². The van der Waals surface area contributed by atoms with E-state index in [2.05, 4.69) is 18.7 Å². The average molecular weight is 282 g/mol. The molecule has 4 heteroatoms. The monoisotopic (exact) mass is 282 g/mol. The fraction of sp³-hybridized carbons (Fsp3) is 0.625. The number of hydrogen-bond donors (Lipinski definition) is 1. The topological polar surface area (TPSA) is 38.5 Å². The molecule has 0 bridgehead atoms. The highest BCUT2D eigenvalue weighted by atomic mass is 19.1. The van der Waals surface area contributed by atoms with Gasteiger partial charge in [0, 0.05) is 32.3 Å². The molecule has 1 aromatic carbocycles. The second kappa shape index (κ2) is 8.35. The summed E-state index contributed by atoms with van der Waals surface area (Å²) < 4.78 is 18.7. The first kappa shape index (κ1) is 17.1. The minimum atomic E-state index is -0.218. The van der Waals surface area contributed by atoms with Crippen molar-refractivity contribution in [2.75, 3.05) is 26.8 Å². The Morgan fingerprint density at radius 1 is 1.30 bits per heavy atom. The lowest BCUT2D eigenvalue weighted by Gasteiger charge is -2.35. The van der Waals surface area contributed by atoms with Gasteiger partial charge in [0.25, 0.3) is 0 Å². The number of benzene rings is 1. The first-order valence-electron chi connectivity index (χ1n) is 7.19. The standard InChI is InChI=1S/C16H27FN2O/c1-12(2)11-19(8-9-20-4)16(13(3)18)14-6-5-7-15(17)10-14/h5-7,10,12-13,16H,8-9,11,18H2,1-4H3. The summed E-state index contributed by atoms with van der Waals surface area (Å²) in [6, 6.07) is 6.65. The molecule has 20 heavy (non-hydrogen) atoms. The van der Waals surface area contributed by atoms with Crippen molar-refractivity contribution in [1.82, 2.24) is 4.90 Å². The van der Waals surface area contributed by atoms with Crippen molar-refractivity contribution in [2.45, 2.75) is 32.9 Å². The molecule has 0 saturated heterocycles. The summed E-state index contributed by atoms with van der Waals surface area (Å²) in [6.45, 7) is 8.65. The van der Waals surface area contributed by atoms with E-state index in [9.17, 15) is 4.39 Å². The lowest BCUT2D eigenvalue weighted by molar-refractivity contribution is 0.101. The van der Waals surface area contributed by atoms with E-state index in [1.54, 1.807) is 19.2 Å². The zero-order chi connectivity index (χ0) is 15.1. The molecule has 0 heterocycles. The molecule has 114 valence electrons. The Kier molecular flexibility index (Phi) is 7.13. The van der Waals surface area contributed by atoms with E-state index >= 15 is 0 Å². The van der Waals surface area contributed by atoms with E-state index < -0.39 is 0 Å². The van der Waals surface area contributed by atoms with Gasteiger partial charge in [-0.25, -0.2) is 4.39 Å². The SMILES string of the molecule is COCCN(CC(C)C)C(c1cccc(F)c1)C(C)N. The summed E-state index contributed by atoms with van der Waals surface area (Å²) in [7, 11) is 1.69. The van der Waals surface area contributed by atoms with E-state index in [0.29, 0.717) is 12.5 Å². The largest absolute Gasteiger partial charge is 0.383 e. The summed E-state index contributed by atoms with van der Waals surface area (Å²) in [5.74, 6) is 0.297. The summed E-state index contributed by atoms with van der Waals surface area (Å²) in [6.07, 6.45) is 0. The zero-order valence-electron chi connectivity index (χ0n) is 13.0. The van der Waals surface area contributed by atoms with Crippen LogP contribution in [-0.4, -0.2) is 37.7 Å². The van der Waals surface area contributed by atoms with Crippen LogP contribution in [0.4, 0.5) is 4.39 Å². The van der Waals surface area contributed by atoms with Gasteiger partial charge >= 0.3 is 0 Å². The first-order valence-corrected chi connectivity index (χ1v) is 7.19. The molecule has 2 atom stereocenters. The predicted octanol–water partition coefficient (Wildman–Crippen LogP) is 2.82. The number of methoxy groups -OCH3 is 1. The lowest BCUT2D eigenvalue weighted by atomic mass is 9.98. The van der Waals surface area contributed by atoms with E-state index in [0.717, 1.165) is 18.7 Å². The number of nitrogens with two attached hydrogens (primary N) is 1. The number of halogens is 1. The van der Waals surface area contributed by atoms with Crippen LogP contribution in [0.1, 0.15) is 32.4 Å². The van der Waals surface area contributed by atoms with Gasteiger partial charge in [-0.3, -0.25) is 4.90 Å². The van der Waals surface area contributed by atoms with Gasteiger partial charge in [-0.15, -0.1) is 0 Å². The van der Waals surface area contributed by atoms with Crippen LogP contribution in [0, 0.1) is 11.7 Å². The van der Waals surface area contributed by atoms with Crippen LogP contribution < -0.4 is 5.73 Å². The molecular weight excluding hydrogens is 255 g/mol. The van der Waals surface area contributed by atoms with E-state index in [1.165, 1.54) is 6.07 Å². The van der Waals surface area contributed by atoms with Crippen LogP contribution >= 0.6 is 0 Å². The van der Waals surface area contributed by atoms with Crippen molar-refractivity contribution < 1.29 is 9.13 Å². The third kappa shape index (κ3) is 5.19. The van der Waals surface area contributed by atoms with Crippen LogP contribution in [0.2, 0.25) is 0 Å². The van der Waals surface area contributed by atoms with Gasteiger partial charge < -0.3 is 10.5 Å². The number of ether oxygens (including phenoxy) is 1. The van der Waals surface area contributed by atoms with Gasteiger partial charge in [-0.05, 0) is 30.5 Å². The van der Waals surface area contributed by atoms with Crippen molar-refractivity contribution in [1.29, 1.82) is 0 Å². The fourth-order valence-electron chi connectivity index (χ4n) is 2.56. The van der Waals surface area contributed by atoms with Gasteiger partial charge in [0.2, 0.25) is 0 Å². The Balaban J connectivity index is 3.00. The van der Waals surface area contributed by atoms with Gasteiger partial charge in [-0.1, -0.05) is 26.0 Å².